The smallest absolute Gasteiger partial charge is 0.339 e. The Morgan fingerprint density at radius 3 is 2.25 bits per heavy atom. The van der Waals surface area contributed by atoms with E-state index in [9.17, 15) is 14.3 Å². The Labute approximate surface area is 139 Å². The summed E-state index contributed by atoms with van der Waals surface area (Å²) in [5.74, 6) is -1.47. The zero-order valence-electron chi connectivity index (χ0n) is 13.4. The second kappa shape index (κ2) is 6.28. The number of carboxylic acids is 1. The van der Waals surface area contributed by atoms with Crippen LogP contribution in [-0.2, 0) is 0 Å². The molecule has 3 rings (SSSR count). The third-order valence-corrected chi connectivity index (χ3v) is 3.79. The van der Waals surface area contributed by atoms with E-state index in [2.05, 4.69) is 5.10 Å². The SMILES string of the molecule is CC(C)c1nn(-c2ccccc2)c(-c2ccc(F)cc2)c1C(=O)O. The molecule has 0 bridgehead atoms. The van der Waals surface area contributed by atoms with E-state index < -0.39 is 5.97 Å². The van der Waals surface area contributed by atoms with Gasteiger partial charge in [-0.2, -0.15) is 5.10 Å². The van der Waals surface area contributed by atoms with Crippen LogP contribution >= 0.6 is 0 Å². The third-order valence-electron chi connectivity index (χ3n) is 3.79. The summed E-state index contributed by atoms with van der Waals surface area (Å²) in [5.41, 5.74) is 2.48. The number of hydrogen-bond acceptors (Lipinski definition) is 2. The lowest BCUT2D eigenvalue weighted by atomic mass is 10.00. The predicted octanol–water partition coefficient (Wildman–Crippen LogP) is 4.50. The van der Waals surface area contributed by atoms with Gasteiger partial charge in [-0.3, -0.25) is 0 Å². The average Bonchev–Trinajstić information content (AvgIpc) is 2.97. The van der Waals surface area contributed by atoms with Gasteiger partial charge in [0.2, 0.25) is 0 Å². The summed E-state index contributed by atoms with van der Waals surface area (Å²) in [6, 6.07) is 15.1. The van der Waals surface area contributed by atoms with Crippen molar-refractivity contribution in [2.24, 2.45) is 0 Å². The van der Waals surface area contributed by atoms with Crippen LogP contribution in [0, 0.1) is 5.82 Å². The number of halogens is 1. The van der Waals surface area contributed by atoms with Crippen LogP contribution in [0.15, 0.2) is 54.6 Å². The highest BCUT2D eigenvalue weighted by Crippen LogP contribution is 2.32. The molecule has 24 heavy (non-hydrogen) atoms. The Bertz CT molecular complexity index is 868. The summed E-state index contributed by atoms with van der Waals surface area (Å²) in [6.07, 6.45) is 0. The fourth-order valence-corrected chi connectivity index (χ4v) is 2.68. The minimum atomic E-state index is -1.04. The molecule has 0 aliphatic carbocycles. The first kappa shape index (κ1) is 15.9. The number of rotatable bonds is 4. The van der Waals surface area contributed by atoms with Crippen LogP contribution in [0.2, 0.25) is 0 Å². The highest BCUT2D eigenvalue weighted by Gasteiger charge is 2.26. The minimum absolute atomic E-state index is 0.0553. The van der Waals surface area contributed by atoms with Crippen molar-refractivity contribution in [3.8, 4) is 16.9 Å². The van der Waals surface area contributed by atoms with Crippen LogP contribution in [0.1, 0.15) is 35.8 Å². The molecule has 0 aliphatic heterocycles. The summed E-state index contributed by atoms with van der Waals surface area (Å²) in [4.78, 5) is 11.9. The highest BCUT2D eigenvalue weighted by atomic mass is 19.1. The summed E-state index contributed by atoms with van der Waals surface area (Å²) >= 11 is 0. The number of carboxylic acid groups (broad SMARTS) is 1. The first-order valence-corrected chi connectivity index (χ1v) is 7.66. The van der Waals surface area contributed by atoms with Gasteiger partial charge in [0.25, 0.3) is 0 Å². The molecule has 4 nitrogen and oxygen atoms in total. The molecule has 2 aromatic carbocycles. The largest absolute Gasteiger partial charge is 0.478 e. The Balaban J connectivity index is 2.34. The molecular weight excluding hydrogens is 307 g/mol. The molecule has 0 radical (unpaired) electrons. The van der Waals surface area contributed by atoms with Crippen molar-refractivity contribution >= 4 is 5.97 Å². The fourth-order valence-electron chi connectivity index (χ4n) is 2.68. The molecular formula is C19H17FN2O2. The maximum atomic E-state index is 13.3. The first-order chi connectivity index (χ1) is 11.5. The van der Waals surface area contributed by atoms with Gasteiger partial charge in [0.15, 0.2) is 0 Å². The predicted molar refractivity (Wildman–Crippen MR) is 90.0 cm³/mol. The number of hydrogen-bond donors (Lipinski definition) is 1. The van der Waals surface area contributed by atoms with E-state index in [1.165, 1.54) is 12.1 Å². The second-order valence-electron chi connectivity index (χ2n) is 5.82. The summed E-state index contributed by atoms with van der Waals surface area (Å²) in [6.45, 7) is 3.80. The molecule has 0 fully saturated rings. The topological polar surface area (TPSA) is 55.1 Å². The molecule has 0 saturated carbocycles. The number of para-hydroxylation sites is 1. The second-order valence-corrected chi connectivity index (χ2v) is 5.82. The van der Waals surface area contributed by atoms with Gasteiger partial charge in [-0.25, -0.2) is 13.9 Å². The lowest BCUT2D eigenvalue weighted by Gasteiger charge is -2.08. The number of benzene rings is 2. The van der Waals surface area contributed by atoms with E-state index in [4.69, 9.17) is 0 Å². The van der Waals surface area contributed by atoms with Crippen LogP contribution in [0.25, 0.3) is 16.9 Å². The van der Waals surface area contributed by atoms with Crippen molar-refractivity contribution in [2.45, 2.75) is 19.8 Å². The number of nitrogens with zero attached hydrogens (tertiary/aromatic N) is 2. The lowest BCUT2D eigenvalue weighted by molar-refractivity contribution is 0.0696. The lowest BCUT2D eigenvalue weighted by Crippen LogP contribution is -2.04. The molecule has 0 spiro atoms. The van der Waals surface area contributed by atoms with Crippen LogP contribution in [0.3, 0.4) is 0 Å². The van der Waals surface area contributed by atoms with Crippen molar-refractivity contribution in [1.82, 2.24) is 9.78 Å². The molecule has 0 saturated heterocycles. The molecule has 1 N–H and O–H groups in total. The summed E-state index contributed by atoms with van der Waals surface area (Å²) < 4.78 is 14.9. The molecule has 1 heterocycles. The molecule has 5 heteroatoms. The van der Waals surface area contributed by atoms with Crippen LogP contribution in [0.4, 0.5) is 4.39 Å². The Hall–Kier alpha value is -2.95. The van der Waals surface area contributed by atoms with Crippen molar-refractivity contribution < 1.29 is 14.3 Å². The highest BCUT2D eigenvalue weighted by molar-refractivity contribution is 5.97. The number of aromatic carboxylic acids is 1. The van der Waals surface area contributed by atoms with E-state index in [0.29, 0.717) is 17.0 Å². The van der Waals surface area contributed by atoms with E-state index in [-0.39, 0.29) is 17.3 Å². The van der Waals surface area contributed by atoms with Gasteiger partial charge in [-0.15, -0.1) is 0 Å². The van der Waals surface area contributed by atoms with Gasteiger partial charge in [0.1, 0.15) is 11.4 Å². The van der Waals surface area contributed by atoms with Crippen molar-refractivity contribution in [3.63, 3.8) is 0 Å². The zero-order valence-corrected chi connectivity index (χ0v) is 13.4. The van der Waals surface area contributed by atoms with E-state index >= 15 is 0 Å². The molecule has 122 valence electrons. The summed E-state index contributed by atoms with van der Waals surface area (Å²) in [7, 11) is 0. The molecule has 0 atom stereocenters. The van der Waals surface area contributed by atoms with Gasteiger partial charge < -0.3 is 5.11 Å². The minimum Gasteiger partial charge on any atom is -0.478 e. The monoisotopic (exact) mass is 324 g/mol. The van der Waals surface area contributed by atoms with Crippen molar-refractivity contribution in [1.29, 1.82) is 0 Å². The first-order valence-electron chi connectivity index (χ1n) is 7.66. The zero-order chi connectivity index (χ0) is 17.3. The number of carbonyl (C=O) groups is 1. The standard InChI is InChI=1S/C19H17FN2O2/c1-12(2)17-16(19(23)24)18(13-8-10-14(20)11-9-13)22(21-17)15-6-4-3-5-7-15/h3-12H,1-2H3,(H,23,24). The van der Waals surface area contributed by atoms with Crippen LogP contribution < -0.4 is 0 Å². The Kier molecular flexibility index (Phi) is 4.16. The number of aromatic nitrogens is 2. The van der Waals surface area contributed by atoms with Crippen molar-refractivity contribution in [2.75, 3.05) is 0 Å². The van der Waals surface area contributed by atoms with E-state index in [1.54, 1.807) is 16.8 Å². The maximum absolute atomic E-state index is 13.3. The van der Waals surface area contributed by atoms with Gasteiger partial charge in [-0.1, -0.05) is 32.0 Å². The maximum Gasteiger partial charge on any atom is 0.339 e. The van der Waals surface area contributed by atoms with E-state index in [0.717, 1.165) is 5.69 Å². The van der Waals surface area contributed by atoms with Crippen LogP contribution in [-0.4, -0.2) is 20.9 Å². The molecule has 1 aromatic heterocycles. The van der Waals surface area contributed by atoms with Gasteiger partial charge >= 0.3 is 5.97 Å². The van der Waals surface area contributed by atoms with Gasteiger partial charge in [0, 0.05) is 5.56 Å². The molecule has 0 aliphatic rings. The Morgan fingerprint density at radius 2 is 1.71 bits per heavy atom. The molecule has 3 aromatic rings. The fraction of sp³-hybridized carbons (Fsp3) is 0.158. The van der Waals surface area contributed by atoms with E-state index in [1.807, 2.05) is 44.2 Å². The Morgan fingerprint density at radius 1 is 1.08 bits per heavy atom. The molecule has 0 unspecified atom stereocenters. The third kappa shape index (κ3) is 2.80. The van der Waals surface area contributed by atoms with Crippen molar-refractivity contribution in [3.05, 3.63) is 71.7 Å². The quantitative estimate of drug-likeness (QED) is 0.769. The van der Waals surface area contributed by atoms with Gasteiger partial charge in [-0.05, 0) is 42.3 Å². The average molecular weight is 324 g/mol. The van der Waals surface area contributed by atoms with Crippen LogP contribution in [0.5, 0.6) is 0 Å². The summed E-state index contributed by atoms with van der Waals surface area (Å²) in [5, 5.41) is 14.3. The normalized spacial score (nSPS) is 11.0. The van der Waals surface area contributed by atoms with Gasteiger partial charge in [0.05, 0.1) is 17.1 Å². The molecule has 0 amide bonds.